The number of carbonyl (C=O) groups excluding carboxylic acids is 1. The van der Waals surface area contributed by atoms with Gasteiger partial charge < -0.3 is 19.4 Å². The largest absolute Gasteiger partial charge is 0.382 e. The number of aromatic nitrogens is 2. The van der Waals surface area contributed by atoms with Gasteiger partial charge in [0.25, 0.3) is 0 Å². The van der Waals surface area contributed by atoms with Gasteiger partial charge in [-0.1, -0.05) is 6.07 Å². The number of rotatable bonds is 9. The average Bonchev–Trinajstić information content (AvgIpc) is 3.42. The van der Waals surface area contributed by atoms with E-state index in [1.807, 2.05) is 19.1 Å². The smallest absolute Gasteiger partial charge is 0.225 e. The number of anilines is 1. The van der Waals surface area contributed by atoms with E-state index in [-0.39, 0.29) is 5.92 Å². The van der Waals surface area contributed by atoms with E-state index >= 15 is 0 Å². The van der Waals surface area contributed by atoms with Crippen LogP contribution in [-0.4, -0.2) is 84.9 Å². The van der Waals surface area contributed by atoms with Crippen molar-refractivity contribution < 1.29 is 9.53 Å². The lowest BCUT2D eigenvalue weighted by Gasteiger charge is -2.39. The second-order valence-electron chi connectivity index (χ2n) is 9.10. The molecular formula is C25H37N5O2S. The van der Waals surface area contributed by atoms with Crippen LogP contribution in [0.2, 0.25) is 0 Å². The standard InChI is InChI=1S/C25H37N5O2S/c1-3-32-18-5-13-28(2)21-11-16-30(17-12-21)25(31)20-9-14-29(15-10-20)24-8-7-22(26-27-24)23-6-4-19-33-23/h4,6-8,19-21H,3,5,9-18H2,1-2H3. The predicted molar refractivity (Wildman–Crippen MR) is 134 cm³/mol. The monoisotopic (exact) mass is 471 g/mol. The van der Waals surface area contributed by atoms with Crippen LogP contribution in [0.5, 0.6) is 0 Å². The van der Waals surface area contributed by atoms with Crippen molar-refractivity contribution in [3.8, 4) is 10.6 Å². The van der Waals surface area contributed by atoms with Gasteiger partial charge in [0.15, 0.2) is 5.82 Å². The third-order valence-electron chi connectivity index (χ3n) is 7.00. The van der Waals surface area contributed by atoms with Gasteiger partial charge in [0, 0.05) is 57.9 Å². The van der Waals surface area contributed by atoms with Crippen molar-refractivity contribution in [3.05, 3.63) is 29.6 Å². The van der Waals surface area contributed by atoms with Gasteiger partial charge >= 0.3 is 0 Å². The van der Waals surface area contributed by atoms with E-state index in [0.29, 0.717) is 11.9 Å². The van der Waals surface area contributed by atoms with Crippen LogP contribution >= 0.6 is 11.3 Å². The molecule has 2 fully saturated rings. The summed E-state index contributed by atoms with van der Waals surface area (Å²) in [7, 11) is 2.21. The molecule has 1 amide bonds. The summed E-state index contributed by atoms with van der Waals surface area (Å²) in [5, 5.41) is 10.9. The molecular weight excluding hydrogens is 434 g/mol. The van der Waals surface area contributed by atoms with Crippen LogP contribution in [0.3, 0.4) is 0 Å². The maximum absolute atomic E-state index is 13.1. The van der Waals surface area contributed by atoms with Crippen molar-refractivity contribution in [2.24, 2.45) is 5.92 Å². The highest BCUT2D eigenvalue weighted by atomic mass is 32.1. The fourth-order valence-electron chi connectivity index (χ4n) is 4.93. The first-order chi connectivity index (χ1) is 16.2. The van der Waals surface area contributed by atoms with Crippen LogP contribution < -0.4 is 4.90 Å². The summed E-state index contributed by atoms with van der Waals surface area (Å²) in [5.41, 5.74) is 0.919. The molecule has 2 aromatic heterocycles. The van der Waals surface area contributed by atoms with Gasteiger partial charge in [-0.25, -0.2) is 0 Å². The molecule has 0 spiro atoms. The Morgan fingerprint density at radius 1 is 1.12 bits per heavy atom. The molecule has 8 heteroatoms. The summed E-state index contributed by atoms with van der Waals surface area (Å²) < 4.78 is 5.45. The lowest BCUT2D eigenvalue weighted by Crippen LogP contribution is -2.49. The van der Waals surface area contributed by atoms with Crippen molar-refractivity contribution in [1.29, 1.82) is 0 Å². The molecule has 2 aromatic rings. The number of likely N-dealkylation sites (tertiary alicyclic amines) is 1. The molecule has 0 radical (unpaired) electrons. The van der Waals surface area contributed by atoms with Crippen molar-refractivity contribution in [2.75, 3.05) is 57.9 Å². The highest BCUT2D eigenvalue weighted by Crippen LogP contribution is 2.27. The van der Waals surface area contributed by atoms with E-state index in [9.17, 15) is 4.79 Å². The SMILES string of the molecule is CCOCCCN(C)C1CCN(C(=O)C2CCN(c3ccc(-c4cccs4)nn3)CC2)CC1. The zero-order valence-electron chi connectivity index (χ0n) is 20.0. The van der Waals surface area contributed by atoms with Crippen molar-refractivity contribution in [1.82, 2.24) is 20.0 Å². The second-order valence-corrected chi connectivity index (χ2v) is 10.1. The van der Waals surface area contributed by atoms with Gasteiger partial charge in [0.05, 0.1) is 4.88 Å². The van der Waals surface area contributed by atoms with Crippen LogP contribution in [0.1, 0.15) is 39.0 Å². The zero-order valence-corrected chi connectivity index (χ0v) is 20.8. The summed E-state index contributed by atoms with van der Waals surface area (Å²) in [6, 6.07) is 8.77. The number of hydrogen-bond acceptors (Lipinski definition) is 7. The first-order valence-corrected chi connectivity index (χ1v) is 13.2. The molecule has 4 heterocycles. The number of piperidine rings is 2. The topological polar surface area (TPSA) is 61.8 Å². The first-order valence-electron chi connectivity index (χ1n) is 12.3. The summed E-state index contributed by atoms with van der Waals surface area (Å²) in [4.78, 5) is 21.1. The molecule has 0 aliphatic carbocycles. The summed E-state index contributed by atoms with van der Waals surface area (Å²) in [6.07, 6.45) is 5.00. The zero-order chi connectivity index (χ0) is 23.0. The van der Waals surface area contributed by atoms with Crippen molar-refractivity contribution in [2.45, 2.75) is 45.1 Å². The molecule has 33 heavy (non-hydrogen) atoms. The lowest BCUT2D eigenvalue weighted by atomic mass is 9.93. The van der Waals surface area contributed by atoms with Crippen molar-refractivity contribution in [3.63, 3.8) is 0 Å². The number of thiophene rings is 1. The molecule has 2 saturated heterocycles. The second kappa shape index (κ2) is 11.9. The highest BCUT2D eigenvalue weighted by Gasteiger charge is 2.32. The Labute approximate surface area is 201 Å². The molecule has 2 aliphatic rings. The average molecular weight is 472 g/mol. The maximum Gasteiger partial charge on any atom is 0.225 e. The number of nitrogens with zero attached hydrogens (tertiary/aromatic N) is 5. The van der Waals surface area contributed by atoms with Crippen LogP contribution in [0, 0.1) is 5.92 Å². The van der Waals surface area contributed by atoms with Gasteiger partial charge in [-0.3, -0.25) is 4.79 Å². The summed E-state index contributed by atoms with van der Waals surface area (Å²) in [6.45, 7) is 8.22. The molecule has 4 rings (SSSR count). The van der Waals surface area contributed by atoms with Crippen molar-refractivity contribution >= 4 is 23.1 Å². The number of amides is 1. The Kier molecular flexibility index (Phi) is 8.69. The Hall–Kier alpha value is -2.03. The summed E-state index contributed by atoms with van der Waals surface area (Å²) >= 11 is 1.68. The van der Waals surface area contributed by atoms with E-state index < -0.39 is 0 Å². The Morgan fingerprint density at radius 2 is 1.91 bits per heavy atom. The van der Waals surface area contributed by atoms with E-state index in [0.717, 1.165) is 94.4 Å². The molecule has 2 aliphatic heterocycles. The molecule has 0 unspecified atom stereocenters. The van der Waals surface area contributed by atoms with Gasteiger partial charge in [0.1, 0.15) is 5.69 Å². The van der Waals surface area contributed by atoms with E-state index in [2.05, 4.69) is 49.5 Å². The first kappa shape index (κ1) is 24.1. The van der Waals surface area contributed by atoms with Gasteiger partial charge in [0.2, 0.25) is 5.91 Å². The molecule has 0 bridgehead atoms. The van der Waals surface area contributed by atoms with E-state index in [1.165, 1.54) is 0 Å². The van der Waals surface area contributed by atoms with Crippen LogP contribution in [0.4, 0.5) is 5.82 Å². The highest BCUT2D eigenvalue weighted by molar-refractivity contribution is 7.13. The third-order valence-corrected chi connectivity index (χ3v) is 7.89. The van der Waals surface area contributed by atoms with Gasteiger partial charge in [-0.05, 0) is 69.7 Å². The Balaban J connectivity index is 1.20. The molecule has 180 valence electrons. The van der Waals surface area contributed by atoms with Gasteiger partial charge in [-0.15, -0.1) is 21.5 Å². The molecule has 7 nitrogen and oxygen atoms in total. The fraction of sp³-hybridized carbons (Fsp3) is 0.640. The Morgan fingerprint density at radius 3 is 2.55 bits per heavy atom. The third kappa shape index (κ3) is 6.31. The normalized spacial score (nSPS) is 18.3. The molecule has 0 atom stereocenters. The number of carbonyl (C=O) groups is 1. The van der Waals surface area contributed by atoms with Crippen LogP contribution in [-0.2, 0) is 9.53 Å². The quantitative estimate of drug-likeness (QED) is 0.519. The summed E-state index contributed by atoms with van der Waals surface area (Å²) in [5.74, 6) is 1.40. The Bertz CT molecular complexity index is 844. The minimum Gasteiger partial charge on any atom is -0.382 e. The van der Waals surface area contributed by atoms with Gasteiger partial charge in [-0.2, -0.15) is 0 Å². The number of hydrogen-bond donors (Lipinski definition) is 0. The van der Waals surface area contributed by atoms with E-state index in [1.54, 1.807) is 11.3 Å². The van der Waals surface area contributed by atoms with Crippen LogP contribution in [0.25, 0.3) is 10.6 Å². The minimum atomic E-state index is 0.139. The minimum absolute atomic E-state index is 0.139. The maximum atomic E-state index is 13.1. The van der Waals surface area contributed by atoms with Crippen LogP contribution in [0.15, 0.2) is 29.6 Å². The fourth-order valence-corrected chi connectivity index (χ4v) is 5.62. The molecule has 0 N–H and O–H groups in total. The van der Waals surface area contributed by atoms with E-state index in [4.69, 9.17) is 4.74 Å². The lowest BCUT2D eigenvalue weighted by molar-refractivity contribution is -0.137. The number of ether oxygens (including phenoxy) is 1. The molecule has 0 saturated carbocycles. The predicted octanol–water partition coefficient (Wildman–Crippen LogP) is 3.77. The molecule has 0 aromatic carbocycles.